The first-order chi connectivity index (χ1) is 19.1. The van der Waals surface area contributed by atoms with Crippen LogP contribution in [-0.4, -0.2) is 69.7 Å². The quantitative estimate of drug-likeness (QED) is 0.295. The van der Waals surface area contributed by atoms with Gasteiger partial charge in [-0.3, -0.25) is 9.69 Å². The Balaban J connectivity index is 1.62. The number of nitrogens with zero attached hydrogens (tertiary/aromatic N) is 5. The maximum absolute atomic E-state index is 13.7. The lowest BCUT2D eigenvalue weighted by molar-refractivity contribution is 0.0569. The molecule has 0 spiro atoms. The first-order valence-corrected chi connectivity index (χ1v) is 13.5. The summed E-state index contributed by atoms with van der Waals surface area (Å²) in [5.41, 5.74) is 3.43. The molecule has 39 heavy (non-hydrogen) atoms. The summed E-state index contributed by atoms with van der Waals surface area (Å²) in [4.78, 5) is 19.0. The van der Waals surface area contributed by atoms with Crippen LogP contribution in [0.3, 0.4) is 0 Å². The van der Waals surface area contributed by atoms with Crippen LogP contribution in [-0.2, 0) is 22.6 Å². The molecule has 0 aliphatic carbocycles. The molecule has 1 fully saturated rings. The topological polar surface area (TPSA) is 107 Å². The van der Waals surface area contributed by atoms with Gasteiger partial charge in [0, 0.05) is 37.9 Å². The number of fused-ring (bicyclic) bond motifs is 1. The SMILES string of the molecule is CCOc1ccc(CN(C[C@@H]2CCCO2)[C@H](c2cc3cc(C)ccc3[nH]c2=O)c2nnnn2CCOC)cc1. The van der Waals surface area contributed by atoms with E-state index in [2.05, 4.69) is 43.6 Å². The molecule has 10 nitrogen and oxygen atoms in total. The van der Waals surface area contributed by atoms with Gasteiger partial charge in [-0.1, -0.05) is 23.8 Å². The summed E-state index contributed by atoms with van der Waals surface area (Å²) in [6.07, 6.45) is 2.04. The van der Waals surface area contributed by atoms with Gasteiger partial charge in [0.25, 0.3) is 5.56 Å². The Hall–Kier alpha value is -3.60. The number of aromatic amines is 1. The molecule has 0 unspecified atom stereocenters. The number of aromatic nitrogens is 5. The molecule has 10 heteroatoms. The monoisotopic (exact) mass is 532 g/mol. The van der Waals surface area contributed by atoms with Gasteiger partial charge in [-0.15, -0.1) is 5.10 Å². The number of aryl methyl sites for hydroxylation is 1. The number of nitrogens with one attached hydrogen (secondary N) is 1. The highest BCUT2D eigenvalue weighted by molar-refractivity contribution is 5.79. The van der Waals surface area contributed by atoms with Gasteiger partial charge in [0.2, 0.25) is 0 Å². The van der Waals surface area contributed by atoms with Crippen molar-refractivity contribution in [3.05, 3.63) is 81.4 Å². The van der Waals surface area contributed by atoms with Crippen LogP contribution >= 0.6 is 0 Å². The molecule has 0 bridgehead atoms. The summed E-state index contributed by atoms with van der Waals surface area (Å²) < 4.78 is 18.8. The highest BCUT2D eigenvalue weighted by Crippen LogP contribution is 2.30. The van der Waals surface area contributed by atoms with E-state index in [0.717, 1.165) is 47.2 Å². The summed E-state index contributed by atoms with van der Waals surface area (Å²) in [6, 6.07) is 15.6. The van der Waals surface area contributed by atoms with E-state index in [-0.39, 0.29) is 11.7 Å². The number of hydrogen-bond acceptors (Lipinski definition) is 8. The standard InChI is InChI=1S/C29H36N6O4/c1-4-38-23-10-8-21(9-11-23)18-34(19-24-6-5-14-39-24)27(28-31-32-33-35(28)13-15-37-3)25-17-22-16-20(2)7-12-26(22)30-29(25)36/h7-12,16-17,24,27H,4-6,13-15,18-19H2,1-3H3,(H,30,36)/t24-,27+/m0/s1. The van der Waals surface area contributed by atoms with Crippen molar-refractivity contribution >= 4 is 10.9 Å². The first-order valence-electron chi connectivity index (χ1n) is 13.5. The smallest absolute Gasteiger partial charge is 0.253 e. The molecule has 2 aromatic heterocycles. The molecule has 5 rings (SSSR count). The van der Waals surface area contributed by atoms with Gasteiger partial charge in [-0.2, -0.15) is 0 Å². The van der Waals surface area contributed by atoms with Crippen molar-refractivity contribution in [2.75, 3.05) is 33.5 Å². The Morgan fingerprint density at radius 2 is 2.05 bits per heavy atom. The molecule has 4 aromatic rings. The number of rotatable bonds is 12. The highest BCUT2D eigenvalue weighted by Gasteiger charge is 2.33. The van der Waals surface area contributed by atoms with Gasteiger partial charge in [-0.05, 0) is 78.4 Å². The molecular weight excluding hydrogens is 496 g/mol. The summed E-state index contributed by atoms with van der Waals surface area (Å²) in [5, 5.41) is 13.7. The van der Waals surface area contributed by atoms with Crippen molar-refractivity contribution in [1.82, 2.24) is 30.1 Å². The molecule has 0 amide bonds. The van der Waals surface area contributed by atoms with Crippen LogP contribution in [0.4, 0.5) is 0 Å². The Morgan fingerprint density at radius 1 is 1.21 bits per heavy atom. The fourth-order valence-electron chi connectivity index (χ4n) is 5.19. The van der Waals surface area contributed by atoms with Crippen LogP contribution in [0.5, 0.6) is 5.75 Å². The minimum absolute atomic E-state index is 0.0558. The van der Waals surface area contributed by atoms with Crippen molar-refractivity contribution < 1.29 is 14.2 Å². The van der Waals surface area contributed by atoms with Gasteiger partial charge < -0.3 is 19.2 Å². The second-order valence-electron chi connectivity index (χ2n) is 9.94. The van der Waals surface area contributed by atoms with Gasteiger partial charge in [0.05, 0.1) is 25.9 Å². The number of methoxy groups -OCH3 is 1. The van der Waals surface area contributed by atoms with Gasteiger partial charge in [-0.25, -0.2) is 4.68 Å². The van der Waals surface area contributed by atoms with Crippen molar-refractivity contribution in [2.24, 2.45) is 0 Å². The first kappa shape index (κ1) is 27.0. The predicted molar refractivity (Wildman–Crippen MR) is 148 cm³/mol. The van der Waals surface area contributed by atoms with E-state index in [4.69, 9.17) is 14.2 Å². The van der Waals surface area contributed by atoms with Crippen molar-refractivity contribution in [3.63, 3.8) is 0 Å². The van der Waals surface area contributed by atoms with Crippen molar-refractivity contribution in [1.29, 1.82) is 0 Å². The molecule has 0 radical (unpaired) electrons. The minimum atomic E-state index is -0.513. The fourth-order valence-corrected chi connectivity index (χ4v) is 5.19. The summed E-state index contributed by atoms with van der Waals surface area (Å²) in [5.74, 6) is 1.42. The zero-order valence-corrected chi connectivity index (χ0v) is 22.8. The molecule has 3 heterocycles. The second-order valence-corrected chi connectivity index (χ2v) is 9.94. The molecule has 1 aliphatic heterocycles. The summed E-state index contributed by atoms with van der Waals surface area (Å²) >= 11 is 0. The number of H-pyrrole nitrogens is 1. The maximum atomic E-state index is 13.7. The van der Waals surface area contributed by atoms with E-state index in [1.54, 1.807) is 11.8 Å². The second kappa shape index (κ2) is 12.5. The molecule has 0 saturated carbocycles. The Labute approximate surface area is 227 Å². The van der Waals surface area contributed by atoms with Gasteiger partial charge >= 0.3 is 0 Å². The number of hydrogen-bond donors (Lipinski definition) is 1. The van der Waals surface area contributed by atoms with Crippen LogP contribution in [0, 0.1) is 6.92 Å². The molecule has 1 aliphatic rings. The van der Waals surface area contributed by atoms with Crippen LogP contribution < -0.4 is 10.3 Å². The van der Waals surface area contributed by atoms with E-state index in [0.29, 0.717) is 44.2 Å². The van der Waals surface area contributed by atoms with Crippen molar-refractivity contribution in [2.45, 2.75) is 51.9 Å². The third-order valence-corrected chi connectivity index (χ3v) is 7.08. The molecule has 206 valence electrons. The van der Waals surface area contributed by atoms with Gasteiger partial charge in [0.15, 0.2) is 5.82 Å². The summed E-state index contributed by atoms with van der Waals surface area (Å²) in [6.45, 7) is 7.48. The highest BCUT2D eigenvalue weighted by atomic mass is 16.5. The Morgan fingerprint density at radius 3 is 2.79 bits per heavy atom. The summed E-state index contributed by atoms with van der Waals surface area (Å²) in [7, 11) is 1.65. The van der Waals surface area contributed by atoms with Gasteiger partial charge in [0.1, 0.15) is 11.8 Å². The van der Waals surface area contributed by atoms with Crippen LogP contribution in [0.2, 0.25) is 0 Å². The average molecular weight is 533 g/mol. The third kappa shape index (κ3) is 6.35. The van der Waals surface area contributed by atoms with Crippen molar-refractivity contribution in [3.8, 4) is 5.75 Å². The number of benzene rings is 2. The van der Waals surface area contributed by atoms with Crippen LogP contribution in [0.15, 0.2) is 53.3 Å². The number of ether oxygens (including phenoxy) is 3. The lowest BCUT2D eigenvalue weighted by atomic mass is 10.0. The fraction of sp³-hybridized carbons (Fsp3) is 0.448. The van der Waals surface area contributed by atoms with Crippen LogP contribution in [0.1, 0.15) is 48.3 Å². The molecule has 1 saturated heterocycles. The van der Waals surface area contributed by atoms with Crippen LogP contribution in [0.25, 0.3) is 10.9 Å². The zero-order valence-electron chi connectivity index (χ0n) is 22.8. The lowest BCUT2D eigenvalue weighted by Crippen LogP contribution is -2.39. The third-order valence-electron chi connectivity index (χ3n) is 7.08. The Bertz CT molecular complexity index is 1430. The maximum Gasteiger partial charge on any atom is 0.253 e. The number of pyridine rings is 1. The van der Waals surface area contributed by atoms with E-state index < -0.39 is 6.04 Å². The van der Waals surface area contributed by atoms with E-state index in [9.17, 15) is 4.79 Å². The lowest BCUT2D eigenvalue weighted by Gasteiger charge is -2.32. The predicted octanol–water partition coefficient (Wildman–Crippen LogP) is 3.64. The van der Waals surface area contributed by atoms with E-state index in [1.165, 1.54) is 0 Å². The molecule has 1 N–H and O–H groups in total. The van der Waals surface area contributed by atoms with E-state index in [1.807, 2.05) is 44.2 Å². The molecule has 2 atom stereocenters. The largest absolute Gasteiger partial charge is 0.494 e. The average Bonchev–Trinajstić information content (AvgIpc) is 3.62. The molecular formula is C29H36N6O4. The normalized spacial score (nSPS) is 16.3. The minimum Gasteiger partial charge on any atom is -0.494 e. The number of tetrazole rings is 1. The molecule has 2 aromatic carbocycles. The van der Waals surface area contributed by atoms with E-state index >= 15 is 0 Å². The Kier molecular flexibility index (Phi) is 8.65. The zero-order chi connectivity index (χ0) is 27.2.